The van der Waals surface area contributed by atoms with Gasteiger partial charge in [-0.3, -0.25) is 4.55 Å². The van der Waals surface area contributed by atoms with Gasteiger partial charge in [-0.15, -0.1) is 0 Å². The number of hydrogen-bond donors (Lipinski definition) is 2. The van der Waals surface area contributed by atoms with Crippen LogP contribution >= 0.6 is 0 Å². The third-order valence-electron chi connectivity index (χ3n) is 10.9. The molecule has 5 nitrogen and oxygen atoms in total. The maximum absolute atomic E-state index is 12.9. The van der Waals surface area contributed by atoms with Gasteiger partial charge in [-0.05, 0) is 72.8 Å². The predicted octanol–water partition coefficient (Wildman–Crippen LogP) is 14.8. The van der Waals surface area contributed by atoms with Crippen LogP contribution < -0.4 is 0 Å². The molecule has 52 heavy (non-hydrogen) atoms. The summed E-state index contributed by atoms with van der Waals surface area (Å²) in [5, 5.41) is 0. The van der Waals surface area contributed by atoms with Crippen LogP contribution in [0.4, 0.5) is 0 Å². The van der Waals surface area contributed by atoms with Crippen molar-refractivity contribution in [3.8, 4) is 0 Å². The molecule has 0 heterocycles. The Kier molecular flexibility index (Phi) is 36.0. The summed E-state index contributed by atoms with van der Waals surface area (Å²) in [6.07, 6.45) is 41.7. The second-order valence-electron chi connectivity index (χ2n) is 15.9. The summed E-state index contributed by atoms with van der Waals surface area (Å²) in [5.74, 6) is 0.233. The molecule has 0 amide bonds. The normalized spacial score (nSPS) is 11.5. The van der Waals surface area contributed by atoms with E-state index in [1.165, 1.54) is 184 Å². The Balaban J connectivity index is 0.00000835. The molecule has 305 valence electrons. The first-order valence-electron chi connectivity index (χ1n) is 22.4. The topological polar surface area (TPSA) is 91.7 Å². The third kappa shape index (κ3) is 27.2. The molecule has 0 aliphatic carbocycles. The zero-order valence-electron chi connectivity index (χ0n) is 35.0. The first kappa shape index (κ1) is 51.6. The van der Waals surface area contributed by atoms with Crippen LogP contribution in [0.25, 0.3) is 0 Å². The van der Waals surface area contributed by atoms with Gasteiger partial charge in [-0.25, -0.2) is 0 Å². The van der Waals surface area contributed by atoms with Gasteiger partial charge in [-0.1, -0.05) is 208 Å². The van der Waals surface area contributed by atoms with Crippen molar-refractivity contribution >= 4 is 10.1 Å². The third-order valence-corrected chi connectivity index (χ3v) is 11.8. The zero-order valence-corrected chi connectivity index (χ0v) is 37.4. The number of hydrogen-bond acceptors (Lipinski definition) is 3. The Morgan fingerprint density at radius 2 is 0.731 bits per heavy atom. The van der Waals surface area contributed by atoms with E-state index >= 15 is 0 Å². The van der Waals surface area contributed by atoms with Gasteiger partial charge in [0.15, 0.2) is 0 Å². The van der Waals surface area contributed by atoms with E-state index in [2.05, 4.69) is 34.6 Å². The fourth-order valence-electron chi connectivity index (χ4n) is 7.80. The molecule has 0 fully saturated rings. The molecule has 0 saturated carbocycles. The average molecular weight is 786 g/mol. The van der Waals surface area contributed by atoms with Crippen LogP contribution in [0.3, 0.4) is 0 Å². The van der Waals surface area contributed by atoms with Crippen LogP contribution in [0.15, 0.2) is 11.0 Å². The first-order valence-corrected chi connectivity index (χ1v) is 25.1. The van der Waals surface area contributed by atoms with Crippen molar-refractivity contribution in [3.05, 3.63) is 28.3 Å². The molecule has 1 aromatic carbocycles. The van der Waals surface area contributed by atoms with E-state index < -0.39 is 29.6 Å². The molecule has 0 radical (unpaired) electrons. The van der Waals surface area contributed by atoms with Crippen molar-refractivity contribution < 1.29 is 39.5 Å². The van der Waals surface area contributed by atoms with Gasteiger partial charge >= 0.3 is 26.5 Å². The maximum atomic E-state index is 12.9. The predicted molar refractivity (Wildman–Crippen MR) is 220 cm³/mol. The molecule has 0 aliphatic heterocycles. The number of rotatable bonds is 35. The Labute approximate surface area is 333 Å². The molecule has 2 N–H and O–H groups in total. The van der Waals surface area contributed by atoms with Gasteiger partial charge in [-0.2, -0.15) is 8.42 Å². The fraction of sp³-hybridized carbons (Fsp3) is 0.867. The molecule has 0 aliphatic rings. The van der Waals surface area contributed by atoms with E-state index in [1.807, 2.05) is 6.07 Å². The van der Waals surface area contributed by atoms with Gasteiger partial charge in [0.1, 0.15) is 0 Å². The van der Waals surface area contributed by atoms with Gasteiger partial charge in [0.05, 0.1) is 4.90 Å². The van der Waals surface area contributed by atoms with E-state index in [0.717, 1.165) is 49.7 Å². The molecule has 7 heteroatoms. The molecular weight excluding hydrogens is 700 g/mol. The summed E-state index contributed by atoms with van der Waals surface area (Å²) in [6, 6.07) is 1.87. The van der Waals surface area contributed by atoms with Crippen LogP contribution in [0.1, 0.15) is 255 Å². The quantitative estimate of drug-likeness (QED) is 0.0406. The second kappa shape index (κ2) is 36.3. The summed E-state index contributed by atoms with van der Waals surface area (Å²) in [7, 11) is -4.29. The monoisotopic (exact) mass is 786 g/mol. The number of unbranched alkanes of at least 4 members (excludes halogenated alkanes) is 27. The van der Waals surface area contributed by atoms with Crippen LogP contribution in [-0.4, -0.2) is 16.7 Å². The summed E-state index contributed by atoms with van der Waals surface area (Å²) in [6.45, 7) is 11.2. The Morgan fingerprint density at radius 3 is 1.00 bits per heavy atom. The first-order chi connectivity index (χ1) is 25.2. The van der Waals surface area contributed by atoms with E-state index in [0.29, 0.717) is 0 Å². The fourth-order valence-corrected chi connectivity index (χ4v) is 8.62. The van der Waals surface area contributed by atoms with Crippen molar-refractivity contribution in [2.75, 3.05) is 0 Å². The van der Waals surface area contributed by atoms with Crippen molar-refractivity contribution in [1.82, 2.24) is 0 Å². The van der Waals surface area contributed by atoms with Gasteiger partial charge in [0.25, 0.3) is 10.1 Å². The molecule has 0 saturated heterocycles. The van der Waals surface area contributed by atoms with Gasteiger partial charge in [0, 0.05) is 0 Å². The Bertz CT molecular complexity index is 1070. The molecule has 1 aromatic rings. The van der Waals surface area contributed by atoms with Crippen LogP contribution in [-0.2, 0) is 52.2 Å². The standard InChI is InChI=1S/C45H84O3S.H2O.O.Ti/c1-6-9-12-15-18-21-24-27-30-33-36-41-42(37-34-31-28-25-22-19-16-13-10-7-2)44(40(4)5)39-45(49(46,47)48)43(41)38-35-32-29-26-23-20-17-14-11-8-3;;;/h39-40H,6-38H2,1-5H3,(H,46,47,48);1H2;;/q;;;+1/p-1. The van der Waals surface area contributed by atoms with Gasteiger partial charge < -0.3 is 0 Å². The summed E-state index contributed by atoms with van der Waals surface area (Å²) in [5.41, 5.74) is 4.80. The van der Waals surface area contributed by atoms with E-state index in [9.17, 15) is 13.0 Å². The van der Waals surface area contributed by atoms with Gasteiger partial charge in [0.2, 0.25) is 0 Å². The molecule has 0 spiro atoms. The Morgan fingerprint density at radius 1 is 0.481 bits per heavy atom. The van der Waals surface area contributed by atoms with E-state index in [1.54, 1.807) is 0 Å². The molecule has 0 bridgehead atoms. The number of benzene rings is 1. The van der Waals surface area contributed by atoms with E-state index in [-0.39, 0.29) is 10.8 Å². The van der Waals surface area contributed by atoms with Crippen molar-refractivity contribution in [3.63, 3.8) is 0 Å². The Hall–Kier alpha value is -0.396. The minimum atomic E-state index is -4.29. The van der Waals surface area contributed by atoms with Crippen molar-refractivity contribution in [2.24, 2.45) is 0 Å². The molecular formula is C45H85O5STi. The second-order valence-corrected chi connectivity index (χ2v) is 17.6. The zero-order chi connectivity index (χ0) is 38.7. The van der Waals surface area contributed by atoms with Crippen LogP contribution in [0.5, 0.6) is 0 Å². The molecule has 1 rings (SSSR count). The molecule has 0 unspecified atom stereocenters. The van der Waals surface area contributed by atoms with Crippen LogP contribution in [0.2, 0.25) is 0 Å². The average Bonchev–Trinajstić information content (AvgIpc) is 3.10. The van der Waals surface area contributed by atoms with Crippen LogP contribution in [0, 0.1) is 0 Å². The van der Waals surface area contributed by atoms with E-state index in [4.69, 9.17) is 7.01 Å². The van der Waals surface area contributed by atoms with Crippen molar-refractivity contribution in [1.29, 1.82) is 0 Å². The SMILES string of the molecule is CCCCCCCCCCCCc1c(C(C)C)cc(S(=O)(=O)O)c(CCCCCCCCCCCC)c1CCCCCCCCCCCC.[O]=[Ti][OH]. The molecule has 0 atom stereocenters. The van der Waals surface area contributed by atoms with Crippen molar-refractivity contribution in [2.45, 2.75) is 257 Å². The molecule has 0 aromatic heterocycles. The summed E-state index contributed by atoms with van der Waals surface area (Å²) < 4.78 is 52.1. The minimum absolute atomic E-state index is 0.209. The summed E-state index contributed by atoms with van der Waals surface area (Å²) in [4.78, 5) is 0.209. The summed E-state index contributed by atoms with van der Waals surface area (Å²) >= 11 is -1.75.